The standard InChI is InChI=1S/C15H21N3O/c16-13-4-1-5-14-12(13)3-2-8-18(14)10-15(19)17-9-11-6-7-11/h1,4-5,11H,2-3,6-10,16H2,(H,17,19). The van der Waals surface area contributed by atoms with Crippen molar-refractivity contribution in [1.82, 2.24) is 5.32 Å². The van der Waals surface area contributed by atoms with Gasteiger partial charge in [0.05, 0.1) is 6.54 Å². The average molecular weight is 259 g/mol. The Morgan fingerprint density at radius 2 is 2.26 bits per heavy atom. The van der Waals surface area contributed by atoms with Crippen molar-refractivity contribution in [3.8, 4) is 0 Å². The van der Waals surface area contributed by atoms with Crippen LogP contribution in [0.4, 0.5) is 11.4 Å². The molecule has 2 aliphatic rings. The van der Waals surface area contributed by atoms with E-state index < -0.39 is 0 Å². The molecule has 1 saturated carbocycles. The van der Waals surface area contributed by atoms with Gasteiger partial charge in [0.2, 0.25) is 5.91 Å². The lowest BCUT2D eigenvalue weighted by atomic mass is 10.00. The number of hydrogen-bond donors (Lipinski definition) is 2. The number of fused-ring (bicyclic) bond motifs is 1. The van der Waals surface area contributed by atoms with Gasteiger partial charge in [0.1, 0.15) is 0 Å². The summed E-state index contributed by atoms with van der Waals surface area (Å²) in [4.78, 5) is 14.1. The smallest absolute Gasteiger partial charge is 0.239 e. The van der Waals surface area contributed by atoms with Crippen LogP contribution in [0.15, 0.2) is 18.2 Å². The molecule has 0 aromatic heterocycles. The fraction of sp³-hybridized carbons (Fsp3) is 0.533. The zero-order valence-corrected chi connectivity index (χ0v) is 11.2. The summed E-state index contributed by atoms with van der Waals surface area (Å²) in [7, 11) is 0. The van der Waals surface area contributed by atoms with Gasteiger partial charge < -0.3 is 16.0 Å². The van der Waals surface area contributed by atoms with E-state index in [9.17, 15) is 4.79 Å². The van der Waals surface area contributed by atoms with E-state index in [-0.39, 0.29) is 5.91 Å². The lowest BCUT2D eigenvalue weighted by Crippen LogP contribution is -2.40. The maximum absolute atomic E-state index is 12.0. The average Bonchev–Trinajstić information content (AvgIpc) is 3.22. The highest BCUT2D eigenvalue weighted by atomic mass is 16.2. The van der Waals surface area contributed by atoms with Crippen LogP contribution in [0.5, 0.6) is 0 Å². The van der Waals surface area contributed by atoms with Crippen LogP contribution >= 0.6 is 0 Å². The van der Waals surface area contributed by atoms with Crippen LogP contribution in [0, 0.1) is 5.92 Å². The van der Waals surface area contributed by atoms with E-state index in [1.807, 2.05) is 12.1 Å². The maximum Gasteiger partial charge on any atom is 0.239 e. The third-order valence-corrected chi connectivity index (χ3v) is 4.00. The van der Waals surface area contributed by atoms with Crippen molar-refractivity contribution in [2.75, 3.05) is 30.3 Å². The molecular weight excluding hydrogens is 238 g/mol. The summed E-state index contributed by atoms with van der Waals surface area (Å²) in [5.41, 5.74) is 9.19. The molecule has 0 atom stereocenters. The van der Waals surface area contributed by atoms with Crippen LogP contribution in [-0.2, 0) is 11.2 Å². The minimum Gasteiger partial charge on any atom is -0.398 e. The number of nitrogens with zero attached hydrogens (tertiary/aromatic N) is 1. The highest BCUT2D eigenvalue weighted by Gasteiger charge is 2.23. The van der Waals surface area contributed by atoms with Gasteiger partial charge in [-0.25, -0.2) is 0 Å². The van der Waals surface area contributed by atoms with Gasteiger partial charge in [0, 0.05) is 24.5 Å². The Kier molecular flexibility index (Phi) is 3.32. The Hall–Kier alpha value is -1.71. The van der Waals surface area contributed by atoms with Crippen LogP contribution in [0.1, 0.15) is 24.8 Å². The highest BCUT2D eigenvalue weighted by Crippen LogP contribution is 2.31. The quantitative estimate of drug-likeness (QED) is 0.807. The Morgan fingerprint density at radius 1 is 1.42 bits per heavy atom. The molecule has 1 aromatic rings. The van der Waals surface area contributed by atoms with Gasteiger partial charge in [-0.05, 0) is 49.3 Å². The topological polar surface area (TPSA) is 58.4 Å². The molecule has 19 heavy (non-hydrogen) atoms. The molecule has 4 nitrogen and oxygen atoms in total. The van der Waals surface area contributed by atoms with Crippen molar-refractivity contribution in [3.63, 3.8) is 0 Å². The highest BCUT2D eigenvalue weighted by molar-refractivity contribution is 5.82. The van der Waals surface area contributed by atoms with Crippen LogP contribution in [0.25, 0.3) is 0 Å². The van der Waals surface area contributed by atoms with Crippen molar-refractivity contribution in [2.24, 2.45) is 5.92 Å². The van der Waals surface area contributed by atoms with E-state index >= 15 is 0 Å². The number of carbonyl (C=O) groups is 1. The Morgan fingerprint density at radius 3 is 3.05 bits per heavy atom. The molecule has 1 heterocycles. The zero-order chi connectivity index (χ0) is 13.2. The number of carbonyl (C=O) groups excluding carboxylic acids is 1. The second-order valence-electron chi connectivity index (χ2n) is 5.62. The predicted molar refractivity (Wildman–Crippen MR) is 77.1 cm³/mol. The van der Waals surface area contributed by atoms with Gasteiger partial charge >= 0.3 is 0 Å². The Labute approximate surface area is 114 Å². The maximum atomic E-state index is 12.0. The minimum absolute atomic E-state index is 0.127. The number of nitrogens with one attached hydrogen (secondary N) is 1. The number of anilines is 2. The fourth-order valence-electron chi connectivity index (χ4n) is 2.70. The van der Waals surface area contributed by atoms with E-state index in [1.165, 1.54) is 18.4 Å². The van der Waals surface area contributed by atoms with Crippen molar-refractivity contribution >= 4 is 17.3 Å². The van der Waals surface area contributed by atoms with Crippen LogP contribution < -0.4 is 16.0 Å². The third-order valence-electron chi connectivity index (χ3n) is 4.00. The van der Waals surface area contributed by atoms with E-state index in [0.717, 1.165) is 43.2 Å². The molecule has 1 aromatic carbocycles. The van der Waals surface area contributed by atoms with E-state index in [0.29, 0.717) is 6.54 Å². The number of benzene rings is 1. The molecule has 102 valence electrons. The molecule has 0 unspecified atom stereocenters. The molecule has 3 rings (SSSR count). The first-order valence-corrected chi connectivity index (χ1v) is 7.13. The first kappa shape index (κ1) is 12.3. The lowest BCUT2D eigenvalue weighted by Gasteiger charge is -2.31. The minimum atomic E-state index is 0.127. The van der Waals surface area contributed by atoms with Crippen molar-refractivity contribution in [2.45, 2.75) is 25.7 Å². The Bertz CT molecular complexity index is 482. The number of nitrogens with two attached hydrogens (primary N) is 1. The third kappa shape index (κ3) is 2.83. The Balaban J connectivity index is 1.65. The van der Waals surface area contributed by atoms with Gasteiger partial charge in [-0.2, -0.15) is 0 Å². The van der Waals surface area contributed by atoms with Crippen molar-refractivity contribution < 1.29 is 4.79 Å². The molecule has 0 spiro atoms. The fourth-order valence-corrected chi connectivity index (χ4v) is 2.70. The predicted octanol–water partition coefficient (Wildman–Crippen LogP) is 1.55. The number of amides is 1. The van der Waals surface area contributed by atoms with E-state index in [1.54, 1.807) is 0 Å². The van der Waals surface area contributed by atoms with Crippen molar-refractivity contribution in [3.05, 3.63) is 23.8 Å². The molecule has 1 aliphatic heterocycles. The number of rotatable bonds is 4. The first-order valence-electron chi connectivity index (χ1n) is 7.13. The van der Waals surface area contributed by atoms with Gasteiger partial charge in [-0.1, -0.05) is 6.07 Å². The van der Waals surface area contributed by atoms with Crippen LogP contribution in [0.3, 0.4) is 0 Å². The zero-order valence-electron chi connectivity index (χ0n) is 11.2. The van der Waals surface area contributed by atoms with E-state index in [4.69, 9.17) is 5.73 Å². The molecule has 4 heteroatoms. The van der Waals surface area contributed by atoms with Crippen LogP contribution in [-0.4, -0.2) is 25.5 Å². The largest absolute Gasteiger partial charge is 0.398 e. The molecule has 1 amide bonds. The summed E-state index contributed by atoms with van der Waals surface area (Å²) in [5, 5.41) is 3.03. The van der Waals surface area contributed by atoms with Crippen molar-refractivity contribution in [1.29, 1.82) is 0 Å². The number of nitrogen functional groups attached to an aromatic ring is 1. The summed E-state index contributed by atoms with van der Waals surface area (Å²) in [5.74, 6) is 0.857. The molecule has 1 aliphatic carbocycles. The summed E-state index contributed by atoms with van der Waals surface area (Å²) < 4.78 is 0. The summed E-state index contributed by atoms with van der Waals surface area (Å²) in [6.07, 6.45) is 4.62. The van der Waals surface area contributed by atoms with Gasteiger partial charge in [0.25, 0.3) is 0 Å². The second kappa shape index (κ2) is 5.11. The van der Waals surface area contributed by atoms with Gasteiger partial charge in [0.15, 0.2) is 0 Å². The normalized spacial score (nSPS) is 18.0. The SMILES string of the molecule is Nc1cccc2c1CCCN2CC(=O)NCC1CC1. The molecule has 0 saturated heterocycles. The summed E-state index contributed by atoms with van der Waals surface area (Å²) >= 11 is 0. The summed E-state index contributed by atoms with van der Waals surface area (Å²) in [6, 6.07) is 5.98. The molecule has 1 fully saturated rings. The molecular formula is C15H21N3O. The first-order chi connectivity index (χ1) is 9.24. The van der Waals surface area contributed by atoms with Gasteiger partial charge in [-0.3, -0.25) is 4.79 Å². The van der Waals surface area contributed by atoms with Crippen LogP contribution in [0.2, 0.25) is 0 Å². The van der Waals surface area contributed by atoms with Gasteiger partial charge in [-0.15, -0.1) is 0 Å². The molecule has 3 N–H and O–H groups in total. The summed E-state index contributed by atoms with van der Waals surface area (Å²) in [6.45, 7) is 2.23. The molecule has 0 bridgehead atoms. The number of hydrogen-bond acceptors (Lipinski definition) is 3. The molecule has 0 radical (unpaired) electrons. The second-order valence-corrected chi connectivity index (χ2v) is 5.62. The monoisotopic (exact) mass is 259 g/mol. The lowest BCUT2D eigenvalue weighted by molar-refractivity contribution is -0.119. The van der Waals surface area contributed by atoms with E-state index in [2.05, 4.69) is 16.3 Å².